The van der Waals surface area contributed by atoms with Crippen molar-refractivity contribution in [3.8, 4) is 0 Å². The normalized spacial score (nSPS) is 26.0. The van der Waals surface area contributed by atoms with E-state index in [4.69, 9.17) is 11.6 Å². The van der Waals surface area contributed by atoms with Crippen molar-refractivity contribution in [2.24, 2.45) is 11.8 Å². The van der Waals surface area contributed by atoms with Gasteiger partial charge in [0.2, 0.25) is 0 Å². The predicted octanol–water partition coefficient (Wildman–Crippen LogP) is 5.39. The average Bonchev–Trinajstić information content (AvgIpc) is 2.48. The Balaban J connectivity index is 2.15. The fourth-order valence-electron chi connectivity index (χ4n) is 3.58. The van der Waals surface area contributed by atoms with E-state index < -0.39 is 0 Å². The molecule has 1 aliphatic carbocycles. The van der Waals surface area contributed by atoms with Crippen molar-refractivity contribution in [1.82, 2.24) is 5.32 Å². The summed E-state index contributed by atoms with van der Waals surface area (Å²) >= 11 is 5.90. The second-order valence-corrected chi connectivity index (χ2v) is 6.76. The summed E-state index contributed by atoms with van der Waals surface area (Å²) in [6.45, 7) is 6.47. The van der Waals surface area contributed by atoms with E-state index in [0.717, 1.165) is 37.4 Å². The van der Waals surface area contributed by atoms with Gasteiger partial charge < -0.3 is 5.32 Å². The zero-order valence-corrected chi connectivity index (χ0v) is 13.9. The van der Waals surface area contributed by atoms with Gasteiger partial charge in [-0.15, -0.1) is 0 Å². The van der Waals surface area contributed by atoms with E-state index in [2.05, 4.69) is 19.2 Å². The number of hydrogen-bond acceptors (Lipinski definition) is 1. The van der Waals surface area contributed by atoms with E-state index in [1.54, 1.807) is 0 Å². The molecule has 1 aromatic carbocycles. The summed E-state index contributed by atoms with van der Waals surface area (Å²) in [4.78, 5) is 0. The molecule has 0 radical (unpaired) electrons. The van der Waals surface area contributed by atoms with Crippen LogP contribution in [0.4, 0.5) is 4.39 Å². The molecule has 0 aromatic heterocycles. The molecule has 1 aliphatic rings. The number of rotatable bonds is 6. The van der Waals surface area contributed by atoms with Gasteiger partial charge in [-0.1, -0.05) is 44.4 Å². The van der Waals surface area contributed by atoms with Crippen LogP contribution in [0.25, 0.3) is 0 Å². The van der Waals surface area contributed by atoms with Crippen LogP contribution in [-0.4, -0.2) is 13.1 Å². The standard InChI is InChI=1S/C18H27ClFN/c1-3-9-21-12-14-6-5-13(4-2)10-17(14)16-8-7-15(19)11-18(16)20/h7-8,11,13-14,17,21H,3-6,9-10,12H2,1-2H3. The molecule has 118 valence electrons. The summed E-state index contributed by atoms with van der Waals surface area (Å²) in [6.07, 6.45) is 5.92. The molecule has 1 fully saturated rings. The van der Waals surface area contributed by atoms with E-state index in [-0.39, 0.29) is 5.82 Å². The summed E-state index contributed by atoms with van der Waals surface area (Å²) in [5, 5.41) is 4.01. The van der Waals surface area contributed by atoms with Crippen molar-refractivity contribution in [3.05, 3.63) is 34.6 Å². The van der Waals surface area contributed by atoms with Crippen LogP contribution < -0.4 is 5.32 Å². The van der Waals surface area contributed by atoms with Crippen molar-refractivity contribution in [2.45, 2.75) is 51.9 Å². The lowest BCUT2D eigenvalue weighted by atomic mass is 9.70. The van der Waals surface area contributed by atoms with Gasteiger partial charge >= 0.3 is 0 Å². The lowest BCUT2D eigenvalue weighted by Gasteiger charge is -2.36. The molecule has 0 heterocycles. The SMILES string of the molecule is CCCNCC1CCC(CC)CC1c1ccc(Cl)cc1F. The maximum Gasteiger partial charge on any atom is 0.128 e. The van der Waals surface area contributed by atoms with Gasteiger partial charge in [-0.25, -0.2) is 4.39 Å². The first kappa shape index (κ1) is 16.8. The fourth-order valence-corrected chi connectivity index (χ4v) is 3.74. The molecular formula is C18H27ClFN. The lowest BCUT2D eigenvalue weighted by molar-refractivity contribution is 0.222. The Labute approximate surface area is 133 Å². The van der Waals surface area contributed by atoms with Crippen LogP contribution in [0.1, 0.15) is 57.4 Å². The van der Waals surface area contributed by atoms with Crippen molar-refractivity contribution < 1.29 is 4.39 Å². The van der Waals surface area contributed by atoms with Gasteiger partial charge in [0.25, 0.3) is 0 Å². The maximum absolute atomic E-state index is 14.3. The zero-order valence-electron chi connectivity index (χ0n) is 13.2. The van der Waals surface area contributed by atoms with Crippen LogP contribution in [0.2, 0.25) is 5.02 Å². The van der Waals surface area contributed by atoms with Crippen molar-refractivity contribution in [2.75, 3.05) is 13.1 Å². The Hall–Kier alpha value is -0.600. The highest BCUT2D eigenvalue weighted by molar-refractivity contribution is 6.30. The second-order valence-electron chi connectivity index (χ2n) is 6.32. The molecule has 2 rings (SSSR count). The molecule has 0 amide bonds. The minimum atomic E-state index is -0.134. The Morgan fingerprint density at radius 3 is 2.76 bits per heavy atom. The largest absolute Gasteiger partial charge is 0.316 e. The van der Waals surface area contributed by atoms with Crippen LogP contribution >= 0.6 is 11.6 Å². The molecule has 1 saturated carbocycles. The Kier molecular flexibility index (Phi) is 6.50. The molecule has 0 aliphatic heterocycles. The first-order chi connectivity index (χ1) is 10.2. The van der Waals surface area contributed by atoms with Gasteiger partial charge in [0.1, 0.15) is 5.82 Å². The zero-order chi connectivity index (χ0) is 15.2. The smallest absolute Gasteiger partial charge is 0.128 e. The average molecular weight is 312 g/mol. The van der Waals surface area contributed by atoms with E-state index in [1.807, 2.05) is 12.1 Å². The second kappa shape index (κ2) is 8.14. The van der Waals surface area contributed by atoms with Crippen molar-refractivity contribution >= 4 is 11.6 Å². The van der Waals surface area contributed by atoms with Crippen LogP contribution in [0.5, 0.6) is 0 Å². The molecule has 1 N–H and O–H groups in total. The number of benzene rings is 1. The molecule has 0 spiro atoms. The van der Waals surface area contributed by atoms with Crippen LogP contribution in [0.3, 0.4) is 0 Å². The van der Waals surface area contributed by atoms with Crippen LogP contribution in [0, 0.1) is 17.7 Å². The first-order valence-electron chi connectivity index (χ1n) is 8.31. The van der Waals surface area contributed by atoms with Crippen molar-refractivity contribution in [3.63, 3.8) is 0 Å². The highest BCUT2D eigenvalue weighted by Gasteiger charge is 2.32. The first-order valence-corrected chi connectivity index (χ1v) is 8.69. The molecule has 3 heteroatoms. The van der Waals surface area contributed by atoms with Gasteiger partial charge in [-0.3, -0.25) is 0 Å². The Morgan fingerprint density at radius 1 is 1.29 bits per heavy atom. The highest BCUT2D eigenvalue weighted by atomic mass is 35.5. The van der Waals surface area contributed by atoms with Crippen LogP contribution in [0.15, 0.2) is 18.2 Å². The fraction of sp³-hybridized carbons (Fsp3) is 0.667. The minimum Gasteiger partial charge on any atom is -0.316 e. The molecule has 21 heavy (non-hydrogen) atoms. The lowest BCUT2D eigenvalue weighted by Crippen LogP contribution is -2.32. The summed E-state index contributed by atoms with van der Waals surface area (Å²) in [7, 11) is 0. The minimum absolute atomic E-state index is 0.134. The van der Waals surface area contributed by atoms with Gasteiger partial charge in [-0.2, -0.15) is 0 Å². The van der Waals surface area contributed by atoms with Gasteiger partial charge in [0, 0.05) is 5.02 Å². The molecule has 0 bridgehead atoms. The molecule has 1 nitrogen and oxygen atoms in total. The molecule has 3 unspecified atom stereocenters. The third-order valence-electron chi connectivity index (χ3n) is 4.87. The van der Waals surface area contributed by atoms with E-state index >= 15 is 0 Å². The van der Waals surface area contributed by atoms with Crippen LogP contribution in [-0.2, 0) is 0 Å². The summed E-state index contributed by atoms with van der Waals surface area (Å²) in [5.41, 5.74) is 0.862. The van der Waals surface area contributed by atoms with E-state index in [1.165, 1.54) is 25.3 Å². The van der Waals surface area contributed by atoms with Gasteiger partial charge in [0.05, 0.1) is 0 Å². The number of nitrogens with one attached hydrogen (secondary N) is 1. The summed E-state index contributed by atoms with van der Waals surface area (Å²) in [5.74, 6) is 1.46. The molecular weight excluding hydrogens is 285 g/mol. The molecule has 0 saturated heterocycles. The Bertz CT molecular complexity index is 447. The maximum atomic E-state index is 14.3. The molecule has 3 atom stereocenters. The highest BCUT2D eigenvalue weighted by Crippen LogP contribution is 2.42. The van der Waals surface area contributed by atoms with E-state index in [0.29, 0.717) is 16.9 Å². The Morgan fingerprint density at radius 2 is 2.10 bits per heavy atom. The topological polar surface area (TPSA) is 12.0 Å². The predicted molar refractivity (Wildman–Crippen MR) is 88.4 cm³/mol. The van der Waals surface area contributed by atoms with Gasteiger partial charge in [-0.05, 0) is 67.8 Å². The van der Waals surface area contributed by atoms with Gasteiger partial charge in [0.15, 0.2) is 0 Å². The molecule has 1 aromatic rings. The van der Waals surface area contributed by atoms with Crippen molar-refractivity contribution in [1.29, 1.82) is 0 Å². The summed E-state index contributed by atoms with van der Waals surface area (Å²) in [6, 6.07) is 5.18. The third-order valence-corrected chi connectivity index (χ3v) is 5.11. The number of hydrogen-bond donors (Lipinski definition) is 1. The summed E-state index contributed by atoms with van der Waals surface area (Å²) < 4.78 is 14.3. The quantitative estimate of drug-likeness (QED) is 0.695. The van der Waals surface area contributed by atoms with E-state index in [9.17, 15) is 4.39 Å². The third kappa shape index (κ3) is 4.43. The monoisotopic (exact) mass is 311 g/mol. The number of halogens is 2.